The van der Waals surface area contributed by atoms with Crippen LogP contribution in [-0.2, 0) is 4.79 Å². The average Bonchev–Trinajstić information content (AvgIpc) is 2.86. The maximum Gasteiger partial charge on any atom is 0.226 e. The first-order valence-electron chi connectivity index (χ1n) is 8.14. The molecule has 2 saturated carbocycles. The Morgan fingerprint density at radius 3 is 2.32 bits per heavy atom. The van der Waals surface area contributed by atoms with Crippen molar-refractivity contribution in [1.82, 2.24) is 5.32 Å². The maximum atomic E-state index is 12.8. The Bertz CT molecular complexity index is 326. The van der Waals surface area contributed by atoms with Gasteiger partial charge in [-0.15, -0.1) is 0 Å². The molecule has 2 rings (SSSR count). The van der Waals surface area contributed by atoms with Gasteiger partial charge in [0.05, 0.1) is 0 Å². The molecule has 0 aliphatic heterocycles. The lowest BCUT2D eigenvalue weighted by Gasteiger charge is -2.31. The zero-order valence-electron chi connectivity index (χ0n) is 13.2. The maximum absolute atomic E-state index is 12.8. The van der Waals surface area contributed by atoms with E-state index in [-0.39, 0.29) is 5.41 Å². The smallest absolute Gasteiger partial charge is 0.226 e. The van der Waals surface area contributed by atoms with Crippen LogP contribution < -0.4 is 5.32 Å². The van der Waals surface area contributed by atoms with Gasteiger partial charge in [0.1, 0.15) is 0 Å². The van der Waals surface area contributed by atoms with E-state index in [1.54, 1.807) is 0 Å². The molecule has 0 spiro atoms. The second-order valence-electron chi connectivity index (χ2n) is 8.16. The van der Waals surface area contributed by atoms with Crippen molar-refractivity contribution in [3.05, 3.63) is 0 Å². The van der Waals surface area contributed by atoms with Gasteiger partial charge in [0, 0.05) is 11.5 Å². The lowest BCUT2D eigenvalue weighted by molar-refractivity contribution is -0.132. The molecule has 1 unspecified atom stereocenters. The Kier molecular flexibility index (Phi) is 4.27. The van der Waals surface area contributed by atoms with Crippen LogP contribution in [0.2, 0.25) is 0 Å². The van der Waals surface area contributed by atoms with Gasteiger partial charge in [-0.3, -0.25) is 4.79 Å². The quantitative estimate of drug-likeness (QED) is 0.807. The van der Waals surface area contributed by atoms with Crippen LogP contribution in [0.25, 0.3) is 0 Å². The van der Waals surface area contributed by atoms with Gasteiger partial charge in [-0.1, -0.05) is 40.5 Å². The SMILES string of the molecule is CC(C)CC1(C(=O)NC2CCC(C)(C)C2)CCCC1. The van der Waals surface area contributed by atoms with Crippen molar-refractivity contribution >= 4 is 5.91 Å². The van der Waals surface area contributed by atoms with Crippen molar-refractivity contribution < 1.29 is 4.79 Å². The first-order chi connectivity index (χ1) is 8.83. The van der Waals surface area contributed by atoms with E-state index >= 15 is 0 Å². The van der Waals surface area contributed by atoms with Crippen LogP contribution in [0.1, 0.15) is 79.1 Å². The molecule has 0 radical (unpaired) electrons. The van der Waals surface area contributed by atoms with E-state index in [1.807, 2.05) is 0 Å². The first-order valence-corrected chi connectivity index (χ1v) is 8.14. The standard InChI is InChI=1S/C17H31NO/c1-13(2)11-17(8-5-6-9-17)15(19)18-14-7-10-16(3,4)12-14/h13-14H,5-12H2,1-4H3,(H,18,19). The number of hydrogen-bond acceptors (Lipinski definition) is 1. The molecule has 0 aromatic carbocycles. The van der Waals surface area contributed by atoms with Crippen LogP contribution in [-0.4, -0.2) is 11.9 Å². The summed E-state index contributed by atoms with van der Waals surface area (Å²) < 4.78 is 0. The summed E-state index contributed by atoms with van der Waals surface area (Å²) in [4.78, 5) is 12.8. The van der Waals surface area contributed by atoms with Crippen LogP contribution >= 0.6 is 0 Å². The minimum Gasteiger partial charge on any atom is -0.353 e. The van der Waals surface area contributed by atoms with E-state index in [1.165, 1.54) is 19.3 Å². The summed E-state index contributed by atoms with van der Waals surface area (Å²) in [5.74, 6) is 0.977. The number of rotatable bonds is 4. The average molecular weight is 265 g/mol. The van der Waals surface area contributed by atoms with Crippen LogP contribution in [0.15, 0.2) is 0 Å². The summed E-state index contributed by atoms with van der Waals surface area (Å²) in [7, 11) is 0. The van der Waals surface area contributed by atoms with Crippen LogP contribution in [0.5, 0.6) is 0 Å². The van der Waals surface area contributed by atoms with Crippen LogP contribution in [0, 0.1) is 16.7 Å². The summed E-state index contributed by atoms with van der Waals surface area (Å²) in [6.07, 6.45) is 9.30. The predicted molar refractivity (Wildman–Crippen MR) is 79.9 cm³/mol. The summed E-state index contributed by atoms with van der Waals surface area (Å²) in [6, 6.07) is 0.423. The minimum absolute atomic E-state index is 0.0408. The van der Waals surface area contributed by atoms with Gasteiger partial charge in [0.25, 0.3) is 0 Å². The summed E-state index contributed by atoms with van der Waals surface area (Å²) in [5.41, 5.74) is 0.375. The molecule has 2 fully saturated rings. The molecule has 1 amide bonds. The number of nitrogens with one attached hydrogen (secondary N) is 1. The normalized spacial score (nSPS) is 28.8. The van der Waals surface area contributed by atoms with Gasteiger partial charge in [-0.25, -0.2) is 0 Å². The molecule has 2 aliphatic rings. The Morgan fingerprint density at radius 2 is 1.84 bits per heavy atom. The highest BCUT2D eigenvalue weighted by Gasteiger charge is 2.43. The summed E-state index contributed by atoms with van der Waals surface area (Å²) >= 11 is 0. The predicted octanol–water partition coefficient (Wildman–Crippen LogP) is 4.29. The van der Waals surface area contributed by atoms with E-state index < -0.39 is 0 Å². The third-order valence-corrected chi connectivity index (χ3v) is 5.15. The molecule has 0 aromatic rings. The summed E-state index contributed by atoms with van der Waals surface area (Å²) in [5, 5.41) is 3.38. The fourth-order valence-electron chi connectivity index (χ4n) is 4.25. The highest BCUT2D eigenvalue weighted by Crippen LogP contribution is 2.44. The lowest BCUT2D eigenvalue weighted by atomic mass is 9.77. The van der Waals surface area contributed by atoms with Crippen molar-refractivity contribution in [3.63, 3.8) is 0 Å². The minimum atomic E-state index is -0.0408. The van der Waals surface area contributed by atoms with E-state index in [4.69, 9.17) is 0 Å². The highest BCUT2D eigenvalue weighted by molar-refractivity contribution is 5.83. The van der Waals surface area contributed by atoms with E-state index in [0.29, 0.717) is 23.3 Å². The van der Waals surface area contributed by atoms with E-state index in [2.05, 4.69) is 33.0 Å². The van der Waals surface area contributed by atoms with Gasteiger partial charge < -0.3 is 5.32 Å². The highest BCUT2D eigenvalue weighted by atomic mass is 16.2. The van der Waals surface area contributed by atoms with Gasteiger partial charge >= 0.3 is 0 Å². The van der Waals surface area contributed by atoms with Gasteiger partial charge in [-0.2, -0.15) is 0 Å². The van der Waals surface area contributed by atoms with Crippen molar-refractivity contribution in [2.24, 2.45) is 16.7 Å². The van der Waals surface area contributed by atoms with Gasteiger partial charge in [0.2, 0.25) is 5.91 Å². The fraction of sp³-hybridized carbons (Fsp3) is 0.941. The van der Waals surface area contributed by atoms with E-state index in [9.17, 15) is 4.79 Å². The molecule has 2 aliphatic carbocycles. The van der Waals surface area contributed by atoms with Crippen molar-refractivity contribution in [3.8, 4) is 0 Å². The largest absolute Gasteiger partial charge is 0.353 e. The molecular weight excluding hydrogens is 234 g/mol. The number of carbonyl (C=O) groups is 1. The van der Waals surface area contributed by atoms with Gasteiger partial charge in [0.15, 0.2) is 0 Å². The zero-order chi connectivity index (χ0) is 14.1. The third kappa shape index (κ3) is 3.52. The Hall–Kier alpha value is -0.530. The molecule has 0 bridgehead atoms. The Balaban J connectivity index is 1.97. The molecule has 2 heteroatoms. The topological polar surface area (TPSA) is 29.1 Å². The molecule has 0 saturated heterocycles. The first kappa shape index (κ1) is 14.9. The molecular formula is C17H31NO. The Morgan fingerprint density at radius 1 is 1.21 bits per heavy atom. The molecule has 19 heavy (non-hydrogen) atoms. The van der Waals surface area contributed by atoms with Crippen molar-refractivity contribution in [2.75, 3.05) is 0 Å². The molecule has 1 atom stereocenters. The molecule has 2 nitrogen and oxygen atoms in total. The van der Waals surface area contributed by atoms with Crippen LogP contribution in [0.3, 0.4) is 0 Å². The van der Waals surface area contributed by atoms with Crippen molar-refractivity contribution in [1.29, 1.82) is 0 Å². The fourth-order valence-corrected chi connectivity index (χ4v) is 4.25. The molecule has 1 N–H and O–H groups in total. The number of carbonyl (C=O) groups excluding carboxylic acids is 1. The molecule has 0 aromatic heterocycles. The number of hydrogen-bond donors (Lipinski definition) is 1. The monoisotopic (exact) mass is 265 g/mol. The van der Waals surface area contributed by atoms with Crippen LogP contribution in [0.4, 0.5) is 0 Å². The third-order valence-electron chi connectivity index (χ3n) is 5.15. The van der Waals surface area contributed by atoms with E-state index in [0.717, 1.165) is 32.1 Å². The zero-order valence-corrected chi connectivity index (χ0v) is 13.2. The molecule has 0 heterocycles. The second kappa shape index (κ2) is 5.46. The van der Waals surface area contributed by atoms with Crippen molar-refractivity contribution in [2.45, 2.75) is 85.1 Å². The Labute approximate surface area is 118 Å². The summed E-state index contributed by atoms with van der Waals surface area (Å²) in [6.45, 7) is 9.12. The van der Waals surface area contributed by atoms with Gasteiger partial charge in [-0.05, 0) is 49.9 Å². The molecule has 110 valence electrons. The second-order valence-corrected chi connectivity index (χ2v) is 8.16. The number of amides is 1. The lowest BCUT2D eigenvalue weighted by Crippen LogP contribution is -2.44.